The lowest BCUT2D eigenvalue weighted by atomic mass is 10.4. The van der Waals surface area contributed by atoms with Gasteiger partial charge in [-0.3, -0.25) is 0 Å². The van der Waals surface area contributed by atoms with Crippen LogP contribution in [-0.2, 0) is 10.1 Å². The molecule has 3 aromatic rings. The zero-order valence-electron chi connectivity index (χ0n) is 13.1. The minimum absolute atomic E-state index is 0.0287. The standard InChI is InChI=1S/C12H10I.C6H3Br3O3S/c1-3-7-11(8-4-1)13-12-9-5-2-6-10-12;7-3-1-4(8)6(5(9)2-3)13(10,11)12/h1-10H;1-2H,(H,10,11,12)/q+1;/p-1. The van der Waals surface area contributed by atoms with Gasteiger partial charge in [0.25, 0.3) is 0 Å². The lowest BCUT2D eigenvalue weighted by Crippen LogP contribution is -3.61. The van der Waals surface area contributed by atoms with Crippen LogP contribution in [-0.4, -0.2) is 13.0 Å². The molecule has 136 valence electrons. The van der Waals surface area contributed by atoms with Crippen LogP contribution in [0.4, 0.5) is 0 Å². The molecule has 3 rings (SSSR count). The summed E-state index contributed by atoms with van der Waals surface area (Å²) in [5.74, 6) is 0. The predicted molar refractivity (Wildman–Crippen MR) is 108 cm³/mol. The van der Waals surface area contributed by atoms with Crippen LogP contribution in [0.3, 0.4) is 0 Å². The van der Waals surface area contributed by atoms with Crippen LogP contribution in [0.2, 0.25) is 0 Å². The molecule has 0 aliphatic rings. The summed E-state index contributed by atoms with van der Waals surface area (Å²) in [5.41, 5.74) is 0. The quantitative estimate of drug-likeness (QED) is 0.318. The highest BCUT2D eigenvalue weighted by molar-refractivity contribution is 9.11. The van der Waals surface area contributed by atoms with Crippen molar-refractivity contribution in [2.75, 3.05) is 0 Å². The normalized spacial score (nSPS) is 10.8. The van der Waals surface area contributed by atoms with Crippen molar-refractivity contribution in [1.29, 1.82) is 0 Å². The van der Waals surface area contributed by atoms with Gasteiger partial charge in [-0.2, -0.15) is 0 Å². The summed E-state index contributed by atoms with van der Waals surface area (Å²) >= 11 is 9.17. The highest BCUT2D eigenvalue weighted by atomic mass is 127. The Balaban J connectivity index is 0.000000187. The Hall–Kier alpha value is -0.260. The van der Waals surface area contributed by atoms with E-state index in [2.05, 4.69) is 108 Å². The second-order valence-electron chi connectivity index (χ2n) is 4.84. The number of hydrogen-bond donors (Lipinski definition) is 0. The third-order valence-corrected chi connectivity index (χ3v) is 8.75. The molecule has 0 amide bonds. The molecule has 0 fully saturated rings. The molecule has 0 aliphatic heterocycles. The van der Waals surface area contributed by atoms with Crippen LogP contribution in [0.15, 0.2) is 91.1 Å². The zero-order valence-corrected chi connectivity index (χ0v) is 20.8. The van der Waals surface area contributed by atoms with Crippen molar-refractivity contribution >= 4 is 57.9 Å². The molecule has 0 unspecified atom stereocenters. The maximum Gasteiger partial charge on any atom is 0.357 e. The van der Waals surface area contributed by atoms with Crippen molar-refractivity contribution in [3.63, 3.8) is 0 Å². The summed E-state index contributed by atoms with van der Waals surface area (Å²) in [6.45, 7) is 0. The first-order valence-electron chi connectivity index (χ1n) is 7.13. The van der Waals surface area contributed by atoms with Crippen molar-refractivity contribution in [3.05, 3.63) is 93.4 Å². The van der Waals surface area contributed by atoms with Gasteiger partial charge in [0, 0.05) is 13.4 Å². The van der Waals surface area contributed by atoms with E-state index in [9.17, 15) is 13.0 Å². The summed E-state index contributed by atoms with van der Waals surface area (Å²) in [7, 11) is -4.45. The predicted octanol–water partition coefficient (Wildman–Crippen LogP) is 2.69. The smallest absolute Gasteiger partial charge is 0.357 e. The highest BCUT2D eigenvalue weighted by Gasteiger charge is 2.13. The Kier molecular flexibility index (Phi) is 8.75. The third kappa shape index (κ3) is 7.05. The average Bonchev–Trinajstić information content (AvgIpc) is 2.55. The Labute approximate surface area is 188 Å². The van der Waals surface area contributed by atoms with Crippen LogP contribution in [0.1, 0.15) is 0 Å². The van der Waals surface area contributed by atoms with Crippen LogP contribution in [0, 0.1) is 7.14 Å². The van der Waals surface area contributed by atoms with Crippen LogP contribution in [0.25, 0.3) is 0 Å². The molecule has 0 aromatic heterocycles. The molecule has 3 aromatic carbocycles. The van der Waals surface area contributed by atoms with Gasteiger partial charge in [-0.15, -0.1) is 0 Å². The first-order chi connectivity index (χ1) is 12.3. The monoisotopic (exact) mass is 672 g/mol. The first kappa shape index (κ1) is 22.0. The van der Waals surface area contributed by atoms with Crippen molar-refractivity contribution in [1.82, 2.24) is 0 Å². The maximum absolute atomic E-state index is 10.8. The molecule has 0 atom stereocenters. The van der Waals surface area contributed by atoms with Gasteiger partial charge in [0.1, 0.15) is 10.1 Å². The SMILES string of the molecule is O=S(=O)([O-])c1c(Br)cc(Br)cc1Br.c1ccc([I+]c2ccccc2)cc1. The maximum atomic E-state index is 10.8. The minimum Gasteiger partial charge on any atom is -0.744 e. The fraction of sp³-hybridized carbons (Fsp3) is 0. The van der Waals surface area contributed by atoms with E-state index >= 15 is 0 Å². The minimum atomic E-state index is -4.45. The molecule has 26 heavy (non-hydrogen) atoms. The number of halogens is 4. The topological polar surface area (TPSA) is 57.2 Å². The second kappa shape index (κ2) is 10.3. The molecule has 8 heteroatoms. The van der Waals surface area contributed by atoms with Gasteiger partial charge in [-0.1, -0.05) is 52.3 Å². The first-order valence-corrected chi connectivity index (χ1v) is 13.1. The third-order valence-electron chi connectivity index (χ3n) is 2.90. The Morgan fingerprint density at radius 2 is 1.12 bits per heavy atom. The van der Waals surface area contributed by atoms with E-state index in [0.717, 1.165) is 0 Å². The largest absolute Gasteiger partial charge is 0.744 e. The Morgan fingerprint density at radius 3 is 1.46 bits per heavy atom. The van der Waals surface area contributed by atoms with E-state index in [1.165, 1.54) is 19.3 Å². The van der Waals surface area contributed by atoms with E-state index in [-0.39, 0.29) is 35.0 Å². The van der Waals surface area contributed by atoms with Crippen molar-refractivity contribution in [2.24, 2.45) is 0 Å². The lowest BCUT2D eigenvalue weighted by molar-refractivity contribution is -0.597. The lowest BCUT2D eigenvalue weighted by Gasteiger charge is -2.11. The molecule has 0 N–H and O–H groups in total. The average molecular weight is 675 g/mol. The molecule has 0 saturated heterocycles. The summed E-state index contributed by atoms with van der Waals surface area (Å²) in [6.07, 6.45) is 0. The molecule has 0 bridgehead atoms. The molecule has 0 spiro atoms. The van der Waals surface area contributed by atoms with E-state index < -0.39 is 10.1 Å². The highest BCUT2D eigenvalue weighted by Crippen LogP contribution is 2.32. The van der Waals surface area contributed by atoms with E-state index in [1.807, 2.05) is 0 Å². The molecule has 0 radical (unpaired) electrons. The molecular formula is C18H12Br3IO3S. The summed E-state index contributed by atoms with van der Waals surface area (Å²) in [4.78, 5) is -0.282. The fourth-order valence-electron chi connectivity index (χ4n) is 1.85. The van der Waals surface area contributed by atoms with Gasteiger partial charge in [-0.25, -0.2) is 8.42 Å². The van der Waals surface area contributed by atoms with Gasteiger partial charge >= 0.3 is 21.2 Å². The van der Waals surface area contributed by atoms with Crippen molar-refractivity contribution in [2.45, 2.75) is 4.90 Å². The molecule has 0 aliphatic carbocycles. The fourth-order valence-corrected chi connectivity index (χ4v) is 8.16. The summed E-state index contributed by atoms with van der Waals surface area (Å²) < 4.78 is 36.4. The molecular weight excluding hydrogens is 663 g/mol. The van der Waals surface area contributed by atoms with Crippen molar-refractivity contribution in [3.8, 4) is 0 Å². The molecule has 3 nitrogen and oxygen atoms in total. The van der Waals surface area contributed by atoms with E-state index in [1.54, 1.807) is 0 Å². The second-order valence-corrected chi connectivity index (χ2v) is 11.8. The number of rotatable bonds is 3. The van der Waals surface area contributed by atoms with Gasteiger partial charge < -0.3 is 4.55 Å². The molecule has 0 saturated carbocycles. The Morgan fingerprint density at radius 1 is 0.731 bits per heavy atom. The van der Waals surface area contributed by atoms with E-state index in [0.29, 0.717) is 4.47 Å². The van der Waals surface area contributed by atoms with Gasteiger partial charge in [-0.05, 0) is 68.3 Å². The van der Waals surface area contributed by atoms with E-state index in [4.69, 9.17) is 0 Å². The van der Waals surface area contributed by atoms with Gasteiger partial charge in [0.15, 0.2) is 7.14 Å². The van der Waals surface area contributed by atoms with Crippen LogP contribution >= 0.6 is 47.8 Å². The van der Waals surface area contributed by atoms with Crippen LogP contribution in [0.5, 0.6) is 0 Å². The number of benzene rings is 3. The Bertz CT molecular complexity index is 905. The van der Waals surface area contributed by atoms with Gasteiger partial charge in [0.05, 0.1) is 4.90 Å². The summed E-state index contributed by atoms with van der Waals surface area (Å²) in [5, 5.41) is 0. The number of hydrogen-bond acceptors (Lipinski definition) is 3. The molecule has 0 heterocycles. The van der Waals surface area contributed by atoms with Gasteiger partial charge in [0.2, 0.25) is 0 Å². The van der Waals surface area contributed by atoms with Crippen molar-refractivity contribution < 1.29 is 34.2 Å². The summed E-state index contributed by atoms with van der Waals surface area (Å²) in [6, 6.07) is 24.4. The zero-order chi connectivity index (χ0) is 19.2. The van der Waals surface area contributed by atoms with Crippen LogP contribution < -0.4 is 21.2 Å².